The summed E-state index contributed by atoms with van der Waals surface area (Å²) in [6, 6.07) is 0. The van der Waals surface area contributed by atoms with Gasteiger partial charge in [0.25, 0.3) is 0 Å². The smallest absolute Gasteiger partial charge is 0.306 e. The van der Waals surface area contributed by atoms with Crippen LogP contribution in [-0.4, -0.2) is 24.3 Å². The molecule has 2 fully saturated rings. The lowest BCUT2D eigenvalue weighted by Crippen LogP contribution is -2.36. The summed E-state index contributed by atoms with van der Waals surface area (Å²) >= 11 is 0. The summed E-state index contributed by atoms with van der Waals surface area (Å²) < 4.78 is 5.47. The molecule has 0 bridgehead atoms. The van der Waals surface area contributed by atoms with Gasteiger partial charge in [-0.2, -0.15) is 0 Å². The summed E-state index contributed by atoms with van der Waals surface area (Å²) in [5.74, 6) is 0.174. The first-order valence-corrected chi connectivity index (χ1v) is 6.09. The maximum absolute atomic E-state index is 11.2. The van der Waals surface area contributed by atoms with E-state index in [-0.39, 0.29) is 5.92 Å². The quantitative estimate of drug-likeness (QED) is 0.764. The van der Waals surface area contributed by atoms with Gasteiger partial charge in [0.05, 0.1) is 5.92 Å². The van der Waals surface area contributed by atoms with Crippen molar-refractivity contribution >= 4 is 5.97 Å². The van der Waals surface area contributed by atoms with Gasteiger partial charge < -0.3 is 9.84 Å². The second kappa shape index (κ2) is 4.97. The molecule has 3 heteroatoms. The normalized spacial score (nSPS) is 37.5. The summed E-state index contributed by atoms with van der Waals surface area (Å²) in [7, 11) is 0. The van der Waals surface area contributed by atoms with Crippen LogP contribution in [0.5, 0.6) is 0 Å². The molecule has 0 amide bonds. The number of carbonyl (C=O) groups is 1. The molecule has 1 aliphatic carbocycles. The molecular weight excluding hydrogens is 192 g/mol. The molecule has 1 saturated carbocycles. The van der Waals surface area contributed by atoms with Gasteiger partial charge in [0.15, 0.2) is 0 Å². The van der Waals surface area contributed by atoms with Crippen molar-refractivity contribution < 1.29 is 14.6 Å². The first-order chi connectivity index (χ1) is 7.29. The Morgan fingerprint density at radius 2 is 1.93 bits per heavy atom. The summed E-state index contributed by atoms with van der Waals surface area (Å²) in [5, 5.41) is 9.20. The van der Waals surface area contributed by atoms with Gasteiger partial charge >= 0.3 is 5.97 Å². The van der Waals surface area contributed by atoms with E-state index in [1.54, 1.807) is 0 Å². The molecule has 3 unspecified atom stereocenters. The lowest BCUT2D eigenvalue weighted by molar-refractivity contribution is -0.147. The largest absolute Gasteiger partial charge is 0.481 e. The van der Waals surface area contributed by atoms with E-state index < -0.39 is 5.97 Å². The van der Waals surface area contributed by atoms with Gasteiger partial charge in [-0.25, -0.2) is 0 Å². The number of carboxylic acid groups (broad SMARTS) is 1. The van der Waals surface area contributed by atoms with Gasteiger partial charge in [0.1, 0.15) is 0 Å². The lowest BCUT2D eigenvalue weighted by Gasteiger charge is -2.36. The number of carboxylic acids is 1. The third kappa shape index (κ3) is 2.51. The first kappa shape index (κ1) is 10.9. The Hall–Kier alpha value is -0.570. The van der Waals surface area contributed by atoms with Crippen molar-refractivity contribution in [2.75, 3.05) is 13.2 Å². The van der Waals surface area contributed by atoms with E-state index in [0.29, 0.717) is 11.8 Å². The topological polar surface area (TPSA) is 46.5 Å². The fourth-order valence-corrected chi connectivity index (χ4v) is 3.13. The van der Waals surface area contributed by atoms with Crippen LogP contribution < -0.4 is 0 Å². The molecule has 1 N–H and O–H groups in total. The number of aliphatic carboxylic acids is 1. The zero-order valence-corrected chi connectivity index (χ0v) is 9.15. The zero-order valence-electron chi connectivity index (χ0n) is 9.15. The number of ether oxygens (including phenoxy) is 1. The molecule has 86 valence electrons. The van der Waals surface area contributed by atoms with Crippen LogP contribution >= 0.6 is 0 Å². The lowest BCUT2D eigenvalue weighted by atomic mass is 9.71. The summed E-state index contributed by atoms with van der Waals surface area (Å²) in [4.78, 5) is 11.2. The molecule has 0 radical (unpaired) electrons. The maximum Gasteiger partial charge on any atom is 0.306 e. The van der Waals surface area contributed by atoms with Crippen LogP contribution in [0.1, 0.15) is 38.5 Å². The second-order valence-corrected chi connectivity index (χ2v) is 4.87. The molecule has 1 saturated heterocycles. The van der Waals surface area contributed by atoms with Gasteiger partial charge in [0.2, 0.25) is 0 Å². The third-order valence-electron chi connectivity index (χ3n) is 3.94. The molecule has 1 heterocycles. The van der Waals surface area contributed by atoms with Crippen LogP contribution in [0.4, 0.5) is 0 Å². The second-order valence-electron chi connectivity index (χ2n) is 4.87. The van der Waals surface area contributed by atoms with Gasteiger partial charge in [-0.05, 0) is 37.5 Å². The molecule has 0 aromatic carbocycles. The fraction of sp³-hybridized carbons (Fsp3) is 0.917. The van der Waals surface area contributed by atoms with E-state index in [0.717, 1.165) is 45.3 Å². The maximum atomic E-state index is 11.2. The molecule has 0 spiro atoms. The van der Waals surface area contributed by atoms with Gasteiger partial charge in [-0.15, -0.1) is 0 Å². The predicted octanol–water partition coefficient (Wildman–Crippen LogP) is 2.30. The highest BCUT2D eigenvalue weighted by molar-refractivity contribution is 5.70. The van der Waals surface area contributed by atoms with E-state index in [1.807, 2.05) is 0 Å². The van der Waals surface area contributed by atoms with Crippen LogP contribution in [0.25, 0.3) is 0 Å². The van der Waals surface area contributed by atoms with Crippen molar-refractivity contribution in [3.05, 3.63) is 0 Å². The Kier molecular flexibility index (Phi) is 3.62. The SMILES string of the molecule is O=C(O)C1CCCCC1C1CCCOC1. The summed E-state index contributed by atoms with van der Waals surface area (Å²) in [6.45, 7) is 1.65. The average Bonchev–Trinajstić information content (AvgIpc) is 2.30. The van der Waals surface area contributed by atoms with Gasteiger partial charge in [0, 0.05) is 13.2 Å². The van der Waals surface area contributed by atoms with Crippen LogP contribution in [-0.2, 0) is 9.53 Å². The Morgan fingerprint density at radius 3 is 2.60 bits per heavy atom. The Balaban J connectivity index is 1.99. The van der Waals surface area contributed by atoms with Crippen molar-refractivity contribution in [1.29, 1.82) is 0 Å². The molecule has 2 aliphatic rings. The number of rotatable bonds is 2. The molecule has 3 atom stereocenters. The van der Waals surface area contributed by atoms with Crippen LogP contribution in [0.15, 0.2) is 0 Å². The van der Waals surface area contributed by atoms with E-state index in [4.69, 9.17) is 4.74 Å². The standard InChI is InChI=1S/C12H20O3/c13-12(14)11-6-2-1-5-10(11)9-4-3-7-15-8-9/h9-11H,1-8H2,(H,13,14). The minimum atomic E-state index is -0.592. The predicted molar refractivity (Wildman–Crippen MR) is 56.6 cm³/mol. The molecular formula is C12H20O3. The summed E-state index contributed by atoms with van der Waals surface area (Å²) in [6.07, 6.45) is 6.51. The van der Waals surface area contributed by atoms with E-state index in [1.165, 1.54) is 6.42 Å². The van der Waals surface area contributed by atoms with E-state index in [9.17, 15) is 9.90 Å². The minimum absolute atomic E-state index is 0.106. The minimum Gasteiger partial charge on any atom is -0.481 e. The Bertz CT molecular complexity index is 221. The highest BCUT2D eigenvalue weighted by Crippen LogP contribution is 2.38. The molecule has 1 aliphatic heterocycles. The van der Waals surface area contributed by atoms with Crippen molar-refractivity contribution in [3.8, 4) is 0 Å². The van der Waals surface area contributed by atoms with Crippen LogP contribution in [0.3, 0.4) is 0 Å². The molecule has 2 rings (SSSR count). The van der Waals surface area contributed by atoms with Crippen molar-refractivity contribution in [2.24, 2.45) is 17.8 Å². The van der Waals surface area contributed by atoms with Gasteiger partial charge in [-0.1, -0.05) is 12.8 Å². The highest BCUT2D eigenvalue weighted by atomic mass is 16.5. The molecule has 0 aromatic heterocycles. The van der Waals surface area contributed by atoms with Crippen molar-refractivity contribution in [1.82, 2.24) is 0 Å². The molecule has 0 aromatic rings. The van der Waals surface area contributed by atoms with Crippen LogP contribution in [0, 0.1) is 17.8 Å². The number of hydrogen-bond acceptors (Lipinski definition) is 2. The van der Waals surface area contributed by atoms with E-state index >= 15 is 0 Å². The Labute approximate surface area is 90.8 Å². The van der Waals surface area contributed by atoms with Crippen molar-refractivity contribution in [3.63, 3.8) is 0 Å². The molecule has 3 nitrogen and oxygen atoms in total. The van der Waals surface area contributed by atoms with E-state index in [2.05, 4.69) is 0 Å². The fourth-order valence-electron chi connectivity index (χ4n) is 3.13. The first-order valence-electron chi connectivity index (χ1n) is 6.09. The summed E-state index contributed by atoms with van der Waals surface area (Å²) in [5.41, 5.74) is 0. The monoisotopic (exact) mass is 212 g/mol. The Morgan fingerprint density at radius 1 is 1.13 bits per heavy atom. The number of hydrogen-bond donors (Lipinski definition) is 1. The zero-order chi connectivity index (χ0) is 10.7. The van der Waals surface area contributed by atoms with Crippen LogP contribution in [0.2, 0.25) is 0 Å². The average molecular weight is 212 g/mol. The third-order valence-corrected chi connectivity index (χ3v) is 3.94. The highest BCUT2D eigenvalue weighted by Gasteiger charge is 2.36. The van der Waals surface area contributed by atoms with Gasteiger partial charge in [-0.3, -0.25) is 4.79 Å². The molecule has 15 heavy (non-hydrogen) atoms. The van der Waals surface area contributed by atoms with Crippen molar-refractivity contribution in [2.45, 2.75) is 38.5 Å².